The van der Waals surface area contributed by atoms with Gasteiger partial charge in [-0.15, -0.1) is 0 Å². The van der Waals surface area contributed by atoms with E-state index in [-0.39, 0.29) is 30.6 Å². The Morgan fingerprint density at radius 1 is 1.10 bits per heavy atom. The van der Waals surface area contributed by atoms with E-state index in [1.807, 2.05) is 11.0 Å². The molecule has 1 aromatic heterocycles. The largest absolute Gasteiger partial charge is 0.491 e. The second kappa shape index (κ2) is 11.7. The fraction of sp³-hybridized carbons (Fsp3) is 0.393. The third-order valence-electron chi connectivity index (χ3n) is 6.65. The van der Waals surface area contributed by atoms with Crippen molar-refractivity contribution in [2.45, 2.75) is 37.8 Å². The maximum Gasteiger partial charge on any atom is 0.433 e. The van der Waals surface area contributed by atoms with E-state index in [1.165, 1.54) is 18.2 Å². The first kappa shape index (κ1) is 29.1. The number of hydrogen-bond acceptors (Lipinski definition) is 6. The molecule has 0 bridgehead atoms. The molecule has 2 N–H and O–H groups in total. The number of aliphatic hydroxyl groups is 2. The SMILES string of the molecule is C[C@@H](O)COc1ccc(N2CCN(C[C@@](C)(O)c3ccc(C(F)(F)F)nc3)C[C@H]2c2ccc(F)cc2)c(Cl)c1. The number of pyridine rings is 1. The molecule has 3 aromatic rings. The number of aliphatic hydroxyl groups excluding tert-OH is 1. The van der Waals surface area contributed by atoms with Gasteiger partial charge in [0.25, 0.3) is 0 Å². The normalized spacial score (nSPS) is 19.0. The number of nitrogens with zero attached hydrogens (tertiary/aromatic N) is 3. The summed E-state index contributed by atoms with van der Waals surface area (Å²) in [5.74, 6) is 0.149. The van der Waals surface area contributed by atoms with Gasteiger partial charge in [0.1, 0.15) is 29.5 Å². The molecule has 0 spiro atoms. The molecular formula is C28H30ClF4N3O3. The molecule has 0 aliphatic carbocycles. The Bertz CT molecular complexity index is 1250. The number of aromatic nitrogens is 1. The molecule has 3 atom stereocenters. The van der Waals surface area contributed by atoms with Gasteiger partial charge >= 0.3 is 6.18 Å². The zero-order chi connectivity index (χ0) is 28.4. The minimum Gasteiger partial charge on any atom is -0.491 e. The molecule has 0 saturated carbocycles. The quantitative estimate of drug-likeness (QED) is 0.354. The van der Waals surface area contributed by atoms with Gasteiger partial charge in [-0.3, -0.25) is 9.88 Å². The Morgan fingerprint density at radius 2 is 1.82 bits per heavy atom. The van der Waals surface area contributed by atoms with Crippen LogP contribution in [0.4, 0.5) is 23.2 Å². The lowest BCUT2D eigenvalue weighted by Gasteiger charge is -2.45. The Morgan fingerprint density at radius 3 is 2.41 bits per heavy atom. The van der Waals surface area contributed by atoms with E-state index in [0.29, 0.717) is 30.4 Å². The fourth-order valence-corrected chi connectivity index (χ4v) is 4.95. The zero-order valence-corrected chi connectivity index (χ0v) is 22.3. The summed E-state index contributed by atoms with van der Waals surface area (Å²) in [4.78, 5) is 7.59. The highest BCUT2D eigenvalue weighted by atomic mass is 35.5. The minimum atomic E-state index is -4.56. The van der Waals surface area contributed by atoms with E-state index in [2.05, 4.69) is 9.88 Å². The number of anilines is 1. The maximum atomic E-state index is 13.7. The summed E-state index contributed by atoms with van der Waals surface area (Å²) in [6.07, 6.45) is -4.14. The van der Waals surface area contributed by atoms with Crippen LogP contribution in [0.3, 0.4) is 0 Å². The van der Waals surface area contributed by atoms with Gasteiger partial charge in [-0.25, -0.2) is 4.39 Å². The van der Waals surface area contributed by atoms with E-state index in [9.17, 15) is 27.8 Å². The number of halogens is 5. The van der Waals surface area contributed by atoms with Crippen molar-refractivity contribution >= 4 is 17.3 Å². The van der Waals surface area contributed by atoms with Gasteiger partial charge in [-0.1, -0.05) is 29.8 Å². The molecule has 1 fully saturated rings. The van der Waals surface area contributed by atoms with E-state index in [4.69, 9.17) is 16.3 Å². The van der Waals surface area contributed by atoms with E-state index in [1.54, 1.807) is 38.1 Å². The van der Waals surface area contributed by atoms with Crippen molar-refractivity contribution in [1.82, 2.24) is 9.88 Å². The van der Waals surface area contributed by atoms with E-state index >= 15 is 0 Å². The fourth-order valence-electron chi connectivity index (χ4n) is 4.68. The summed E-state index contributed by atoms with van der Waals surface area (Å²) in [5.41, 5.74) is -0.637. The van der Waals surface area contributed by atoms with Crippen LogP contribution in [0.15, 0.2) is 60.8 Å². The van der Waals surface area contributed by atoms with Crippen LogP contribution in [0, 0.1) is 5.82 Å². The van der Waals surface area contributed by atoms with Crippen molar-refractivity contribution in [1.29, 1.82) is 0 Å². The first-order valence-electron chi connectivity index (χ1n) is 12.4. The summed E-state index contributed by atoms with van der Waals surface area (Å²) in [7, 11) is 0. The van der Waals surface area contributed by atoms with E-state index in [0.717, 1.165) is 23.5 Å². The second-order valence-corrected chi connectivity index (χ2v) is 10.4. The molecule has 1 saturated heterocycles. The van der Waals surface area contributed by atoms with Gasteiger partial charge in [0.05, 0.1) is 22.9 Å². The van der Waals surface area contributed by atoms with E-state index < -0.39 is 23.6 Å². The monoisotopic (exact) mass is 567 g/mol. The summed E-state index contributed by atoms with van der Waals surface area (Å²) in [5, 5.41) is 21.1. The van der Waals surface area contributed by atoms with Crippen LogP contribution in [0.25, 0.3) is 0 Å². The van der Waals surface area contributed by atoms with Crippen LogP contribution < -0.4 is 9.64 Å². The summed E-state index contributed by atoms with van der Waals surface area (Å²) in [6, 6.07) is 13.3. The molecule has 2 aromatic carbocycles. The molecule has 1 aliphatic rings. The molecule has 4 rings (SSSR count). The van der Waals surface area contributed by atoms with Gasteiger partial charge < -0.3 is 19.8 Å². The molecular weight excluding hydrogens is 538 g/mol. The number of benzene rings is 2. The zero-order valence-electron chi connectivity index (χ0n) is 21.5. The summed E-state index contributed by atoms with van der Waals surface area (Å²) in [6.45, 7) is 4.90. The van der Waals surface area contributed by atoms with Gasteiger partial charge in [-0.05, 0) is 49.7 Å². The Balaban J connectivity index is 1.56. The van der Waals surface area contributed by atoms with Crippen molar-refractivity contribution in [3.63, 3.8) is 0 Å². The van der Waals surface area contributed by atoms with Crippen LogP contribution in [-0.2, 0) is 11.8 Å². The Kier molecular flexibility index (Phi) is 8.70. The number of piperazine rings is 1. The first-order chi connectivity index (χ1) is 18.3. The molecule has 0 amide bonds. The minimum absolute atomic E-state index is 0.126. The summed E-state index contributed by atoms with van der Waals surface area (Å²) < 4.78 is 58.1. The molecule has 210 valence electrons. The molecule has 11 heteroatoms. The van der Waals surface area contributed by atoms with Crippen LogP contribution in [0.5, 0.6) is 5.75 Å². The number of rotatable bonds is 8. The van der Waals surface area contributed by atoms with Gasteiger partial charge in [0.15, 0.2) is 0 Å². The third kappa shape index (κ3) is 7.19. The molecule has 0 radical (unpaired) electrons. The average Bonchev–Trinajstić information content (AvgIpc) is 2.87. The summed E-state index contributed by atoms with van der Waals surface area (Å²) >= 11 is 6.64. The smallest absolute Gasteiger partial charge is 0.433 e. The van der Waals surface area contributed by atoms with Gasteiger partial charge in [0.2, 0.25) is 0 Å². The topological polar surface area (TPSA) is 69.1 Å². The lowest BCUT2D eigenvalue weighted by Crippen LogP contribution is -2.52. The number of ether oxygens (including phenoxy) is 1. The van der Waals surface area contributed by atoms with Crippen LogP contribution >= 0.6 is 11.6 Å². The Labute approximate surface area is 229 Å². The van der Waals surface area contributed by atoms with Crippen molar-refractivity contribution < 1.29 is 32.5 Å². The van der Waals surface area contributed by atoms with Crippen LogP contribution in [-0.4, -0.2) is 59.0 Å². The van der Waals surface area contributed by atoms with Gasteiger partial charge in [-0.2, -0.15) is 13.2 Å². The highest BCUT2D eigenvalue weighted by Crippen LogP contribution is 2.38. The number of alkyl halides is 3. The molecule has 1 aliphatic heterocycles. The van der Waals surface area contributed by atoms with Crippen molar-refractivity contribution in [3.8, 4) is 5.75 Å². The highest BCUT2D eigenvalue weighted by Gasteiger charge is 2.36. The maximum absolute atomic E-state index is 13.7. The lowest BCUT2D eigenvalue weighted by molar-refractivity contribution is -0.141. The predicted molar refractivity (Wildman–Crippen MR) is 140 cm³/mol. The molecule has 39 heavy (non-hydrogen) atoms. The number of β-amino-alcohol motifs (C(OH)–C–C–N with tert-alkyl or cyclic N) is 1. The van der Waals surface area contributed by atoms with Crippen molar-refractivity contribution in [3.05, 3.63) is 88.5 Å². The molecule has 0 unspecified atom stereocenters. The lowest BCUT2D eigenvalue weighted by atomic mass is 9.94. The predicted octanol–water partition coefficient (Wildman–Crippen LogP) is 5.42. The standard InChI is InChI=1S/C28H30ClF4N3O3/c1-18(37)16-39-22-8-9-24(23(29)13-22)36-12-11-35(15-25(36)19-3-6-21(30)7-4-19)17-27(2,38)20-5-10-26(34-14-20)28(31,32)33/h3-10,13-14,18,25,37-38H,11-12,15-17H2,1-2H3/t18-,25+,27-/m1/s1. The van der Waals surface area contributed by atoms with Crippen LogP contribution in [0.1, 0.15) is 36.7 Å². The average molecular weight is 568 g/mol. The highest BCUT2D eigenvalue weighted by molar-refractivity contribution is 6.33. The Hall–Kier alpha value is -2.92. The second-order valence-electron chi connectivity index (χ2n) is 9.97. The molecule has 6 nitrogen and oxygen atoms in total. The van der Waals surface area contributed by atoms with Crippen molar-refractivity contribution in [2.75, 3.05) is 37.7 Å². The number of hydrogen-bond donors (Lipinski definition) is 2. The van der Waals surface area contributed by atoms with Crippen LogP contribution in [0.2, 0.25) is 5.02 Å². The molecule has 2 heterocycles. The van der Waals surface area contributed by atoms with Crippen molar-refractivity contribution in [2.24, 2.45) is 0 Å². The van der Waals surface area contributed by atoms with Gasteiger partial charge in [0, 0.05) is 44.0 Å². The first-order valence-corrected chi connectivity index (χ1v) is 12.8. The third-order valence-corrected chi connectivity index (χ3v) is 6.95.